The van der Waals surface area contributed by atoms with Crippen LogP contribution in [-0.2, 0) is 14.3 Å². The van der Waals surface area contributed by atoms with E-state index in [1.807, 2.05) is 6.08 Å². The van der Waals surface area contributed by atoms with E-state index in [1.165, 1.54) is 96.3 Å². The lowest BCUT2D eigenvalue weighted by molar-refractivity contribution is -0.302. The van der Waals surface area contributed by atoms with Gasteiger partial charge in [-0.2, -0.15) is 0 Å². The number of hydrogen-bond acceptors (Lipinski definition) is 8. The Bertz CT molecular complexity index is 967. The fraction of sp³-hybridized carbons (Fsp3) is 0.795. The summed E-state index contributed by atoms with van der Waals surface area (Å²) in [6.07, 6.45) is 36.0. The number of allylic oxidation sites excluding steroid dienone is 7. The van der Waals surface area contributed by atoms with Crippen LogP contribution in [0.1, 0.15) is 168 Å². The first-order valence-corrected chi connectivity index (χ1v) is 21.4. The molecule has 9 heteroatoms. The molecule has 9 nitrogen and oxygen atoms in total. The van der Waals surface area contributed by atoms with E-state index in [9.17, 15) is 30.3 Å². The predicted molar refractivity (Wildman–Crippen MR) is 216 cm³/mol. The third kappa shape index (κ3) is 25.8. The first-order valence-electron chi connectivity index (χ1n) is 21.4. The van der Waals surface area contributed by atoms with Crippen molar-refractivity contribution in [2.24, 2.45) is 0 Å². The average molecular weight is 750 g/mol. The molecule has 0 spiro atoms. The van der Waals surface area contributed by atoms with Crippen molar-refractivity contribution in [1.29, 1.82) is 0 Å². The standard InChI is InChI=1S/C44H79NO8/c1-3-5-7-9-11-13-14-15-16-17-18-19-20-21-22-23-24-26-28-30-32-34-40(48)45-37(38(47)33-31-29-27-25-12-10-8-6-4-2)36-52-44-43(51)42(50)41(49)39(35-46)53-44/h5,7,11-13,25,31,33,37-39,41-44,46-47,49-51H,3-4,6,8-10,14-24,26-30,32,34-36H2,1-2H3,(H,45,48)/b7-5-,13-11-,25-12+,33-31+. The molecule has 1 rings (SSSR count). The SMILES string of the molecule is CC/C=C\C/C=C\CCCCCCCCCCCCCCCCC(=O)NC(COC1OC(CO)C(O)C(O)C1O)C(O)/C=C/CC/C=C/CCCCC. The van der Waals surface area contributed by atoms with Gasteiger partial charge in [-0.3, -0.25) is 4.79 Å². The number of rotatable bonds is 34. The normalized spacial score (nSPS) is 22.1. The van der Waals surface area contributed by atoms with E-state index in [0.29, 0.717) is 6.42 Å². The summed E-state index contributed by atoms with van der Waals surface area (Å²) < 4.78 is 11.1. The van der Waals surface area contributed by atoms with Gasteiger partial charge >= 0.3 is 0 Å². The van der Waals surface area contributed by atoms with Crippen molar-refractivity contribution in [2.45, 2.75) is 211 Å². The molecule has 0 aromatic carbocycles. The maximum absolute atomic E-state index is 12.9. The number of aliphatic hydroxyl groups is 5. The molecule has 1 aliphatic heterocycles. The first kappa shape index (κ1) is 49.2. The van der Waals surface area contributed by atoms with Gasteiger partial charge in [0, 0.05) is 6.42 Å². The quantitative estimate of drug-likeness (QED) is 0.0285. The molecule has 7 atom stereocenters. The van der Waals surface area contributed by atoms with Crippen LogP contribution in [0.15, 0.2) is 48.6 Å². The van der Waals surface area contributed by atoms with Gasteiger partial charge in [-0.05, 0) is 57.8 Å². The summed E-state index contributed by atoms with van der Waals surface area (Å²) in [5, 5.41) is 53.9. The van der Waals surface area contributed by atoms with E-state index in [1.54, 1.807) is 6.08 Å². The highest BCUT2D eigenvalue weighted by Crippen LogP contribution is 2.22. The van der Waals surface area contributed by atoms with Crippen molar-refractivity contribution < 1.29 is 39.8 Å². The fourth-order valence-electron chi connectivity index (χ4n) is 6.44. The number of carbonyl (C=O) groups is 1. The maximum atomic E-state index is 12.9. The molecule has 53 heavy (non-hydrogen) atoms. The van der Waals surface area contributed by atoms with Gasteiger partial charge < -0.3 is 40.3 Å². The number of hydrogen-bond donors (Lipinski definition) is 6. The van der Waals surface area contributed by atoms with Gasteiger partial charge in [-0.25, -0.2) is 0 Å². The molecular weight excluding hydrogens is 670 g/mol. The highest BCUT2D eigenvalue weighted by molar-refractivity contribution is 5.76. The van der Waals surface area contributed by atoms with Gasteiger partial charge in [-0.1, -0.05) is 152 Å². The molecule has 6 N–H and O–H groups in total. The Morgan fingerprint density at radius 3 is 1.79 bits per heavy atom. The molecular formula is C44H79NO8. The van der Waals surface area contributed by atoms with Crippen LogP contribution in [0.4, 0.5) is 0 Å². The lowest BCUT2D eigenvalue weighted by atomic mass is 9.99. The summed E-state index contributed by atoms with van der Waals surface area (Å²) in [7, 11) is 0. The fourth-order valence-corrected chi connectivity index (χ4v) is 6.44. The van der Waals surface area contributed by atoms with Crippen molar-refractivity contribution >= 4 is 5.91 Å². The average Bonchev–Trinajstić information content (AvgIpc) is 3.16. The van der Waals surface area contributed by atoms with E-state index < -0.39 is 49.5 Å². The van der Waals surface area contributed by atoms with Crippen molar-refractivity contribution in [3.63, 3.8) is 0 Å². The van der Waals surface area contributed by atoms with Crippen LogP contribution in [0.3, 0.4) is 0 Å². The van der Waals surface area contributed by atoms with Crippen LogP contribution >= 0.6 is 0 Å². The van der Waals surface area contributed by atoms with Crippen LogP contribution in [0.5, 0.6) is 0 Å². The predicted octanol–water partition coefficient (Wildman–Crippen LogP) is 8.28. The highest BCUT2D eigenvalue weighted by atomic mass is 16.7. The lowest BCUT2D eigenvalue weighted by Crippen LogP contribution is -2.60. The van der Waals surface area contributed by atoms with Gasteiger partial charge in [0.05, 0.1) is 25.4 Å². The number of nitrogens with one attached hydrogen (secondary N) is 1. The molecule has 0 aromatic rings. The van der Waals surface area contributed by atoms with Crippen LogP contribution < -0.4 is 5.32 Å². The number of amides is 1. The van der Waals surface area contributed by atoms with Crippen LogP contribution in [0, 0.1) is 0 Å². The Morgan fingerprint density at radius 1 is 0.660 bits per heavy atom. The van der Waals surface area contributed by atoms with Crippen molar-refractivity contribution in [3.8, 4) is 0 Å². The zero-order chi connectivity index (χ0) is 38.8. The summed E-state index contributed by atoms with van der Waals surface area (Å²) in [5.41, 5.74) is 0. The summed E-state index contributed by atoms with van der Waals surface area (Å²) in [6.45, 7) is 3.58. The van der Waals surface area contributed by atoms with Gasteiger partial charge in [-0.15, -0.1) is 0 Å². The summed E-state index contributed by atoms with van der Waals surface area (Å²) in [5.74, 6) is -0.192. The molecule has 0 aromatic heterocycles. The van der Waals surface area contributed by atoms with Crippen molar-refractivity contribution in [2.75, 3.05) is 13.2 Å². The van der Waals surface area contributed by atoms with E-state index in [-0.39, 0.29) is 12.5 Å². The molecule has 0 saturated carbocycles. The van der Waals surface area contributed by atoms with Gasteiger partial charge in [0.15, 0.2) is 6.29 Å². The second-order valence-electron chi connectivity index (χ2n) is 14.7. The summed E-state index contributed by atoms with van der Waals surface area (Å²) in [4.78, 5) is 12.9. The topological polar surface area (TPSA) is 149 Å². The second-order valence-corrected chi connectivity index (χ2v) is 14.7. The molecule has 1 fully saturated rings. The summed E-state index contributed by atoms with van der Waals surface area (Å²) >= 11 is 0. The lowest BCUT2D eigenvalue weighted by Gasteiger charge is -2.40. The number of carbonyl (C=O) groups excluding carboxylic acids is 1. The number of aliphatic hydroxyl groups excluding tert-OH is 5. The minimum atomic E-state index is -1.57. The van der Waals surface area contributed by atoms with Crippen molar-refractivity contribution in [1.82, 2.24) is 5.32 Å². The molecule has 1 aliphatic rings. The Balaban J connectivity index is 2.29. The number of unbranched alkanes of at least 4 members (excludes halogenated alkanes) is 18. The molecule has 0 radical (unpaired) electrons. The third-order valence-corrected chi connectivity index (χ3v) is 9.89. The second kappa shape index (κ2) is 34.6. The Kier molecular flexibility index (Phi) is 32.1. The van der Waals surface area contributed by atoms with E-state index in [2.05, 4.69) is 55.6 Å². The smallest absolute Gasteiger partial charge is 0.220 e. The van der Waals surface area contributed by atoms with Crippen LogP contribution in [0.25, 0.3) is 0 Å². The highest BCUT2D eigenvalue weighted by Gasteiger charge is 2.44. The Hall–Kier alpha value is -1.85. The molecule has 0 aliphatic carbocycles. The van der Waals surface area contributed by atoms with Crippen molar-refractivity contribution in [3.05, 3.63) is 48.6 Å². The van der Waals surface area contributed by atoms with E-state index >= 15 is 0 Å². The number of ether oxygens (including phenoxy) is 2. The molecule has 1 saturated heterocycles. The molecule has 308 valence electrons. The van der Waals surface area contributed by atoms with Gasteiger partial charge in [0.25, 0.3) is 0 Å². The zero-order valence-electron chi connectivity index (χ0n) is 33.5. The van der Waals surface area contributed by atoms with Gasteiger partial charge in [0.2, 0.25) is 5.91 Å². The Labute approximate surface area is 323 Å². The first-order chi connectivity index (χ1) is 25.8. The van der Waals surface area contributed by atoms with E-state index in [0.717, 1.165) is 51.4 Å². The van der Waals surface area contributed by atoms with Crippen LogP contribution in [0.2, 0.25) is 0 Å². The molecule has 0 bridgehead atoms. The molecule has 1 heterocycles. The molecule has 1 amide bonds. The van der Waals surface area contributed by atoms with Crippen LogP contribution in [-0.4, -0.2) is 87.5 Å². The minimum Gasteiger partial charge on any atom is -0.394 e. The monoisotopic (exact) mass is 750 g/mol. The van der Waals surface area contributed by atoms with Gasteiger partial charge in [0.1, 0.15) is 24.4 Å². The minimum absolute atomic E-state index is 0.192. The maximum Gasteiger partial charge on any atom is 0.220 e. The zero-order valence-corrected chi connectivity index (χ0v) is 33.5. The van der Waals surface area contributed by atoms with E-state index in [4.69, 9.17) is 9.47 Å². The molecule has 7 unspecified atom stereocenters. The largest absolute Gasteiger partial charge is 0.394 e. The third-order valence-electron chi connectivity index (χ3n) is 9.89. The Morgan fingerprint density at radius 2 is 1.19 bits per heavy atom. The summed E-state index contributed by atoms with van der Waals surface area (Å²) in [6, 6.07) is -0.818.